The highest BCUT2D eigenvalue weighted by atomic mass is 16.2. The van der Waals surface area contributed by atoms with E-state index in [0.29, 0.717) is 0 Å². The zero-order chi connectivity index (χ0) is 12.6. The average Bonchev–Trinajstić information content (AvgIpc) is 2.69. The summed E-state index contributed by atoms with van der Waals surface area (Å²) >= 11 is 0. The molecule has 2 aliphatic heterocycles. The number of urea groups is 1. The van der Waals surface area contributed by atoms with Crippen molar-refractivity contribution in [1.82, 2.24) is 15.1 Å². The van der Waals surface area contributed by atoms with Crippen molar-refractivity contribution in [1.29, 1.82) is 0 Å². The van der Waals surface area contributed by atoms with Crippen LogP contribution in [0.3, 0.4) is 0 Å². The highest BCUT2D eigenvalue weighted by Crippen LogP contribution is 2.10. The van der Waals surface area contributed by atoms with Gasteiger partial charge < -0.3 is 15.1 Å². The molecule has 0 aromatic heterocycles. The van der Waals surface area contributed by atoms with Crippen LogP contribution < -0.4 is 5.32 Å². The van der Waals surface area contributed by atoms with E-state index in [1.807, 2.05) is 4.90 Å². The molecule has 18 heavy (non-hydrogen) atoms. The summed E-state index contributed by atoms with van der Waals surface area (Å²) in [6.07, 6.45) is 8.89. The molecule has 0 aliphatic carbocycles. The standard InChI is InChI=1S/C14H27N3O/c18-14(17-11-6-1-2-7-12-17)15-8-13-16-9-4-3-5-10-16/h1-13H2,(H,15,18). The molecule has 2 aliphatic rings. The molecule has 2 fully saturated rings. The number of hydrogen-bond acceptors (Lipinski definition) is 2. The van der Waals surface area contributed by atoms with E-state index in [9.17, 15) is 4.79 Å². The van der Waals surface area contributed by atoms with Crippen LogP contribution in [-0.4, -0.2) is 55.1 Å². The van der Waals surface area contributed by atoms with Gasteiger partial charge in [0.05, 0.1) is 0 Å². The van der Waals surface area contributed by atoms with Gasteiger partial charge in [-0.05, 0) is 38.8 Å². The molecule has 4 nitrogen and oxygen atoms in total. The van der Waals surface area contributed by atoms with Crippen molar-refractivity contribution >= 4 is 6.03 Å². The second kappa shape index (κ2) is 7.62. The normalized spacial score (nSPS) is 22.6. The Morgan fingerprint density at radius 2 is 1.39 bits per heavy atom. The van der Waals surface area contributed by atoms with Gasteiger partial charge >= 0.3 is 6.03 Å². The smallest absolute Gasteiger partial charge is 0.317 e. The summed E-state index contributed by atoms with van der Waals surface area (Å²) in [6.45, 7) is 6.11. The number of hydrogen-bond donors (Lipinski definition) is 1. The monoisotopic (exact) mass is 253 g/mol. The summed E-state index contributed by atoms with van der Waals surface area (Å²) < 4.78 is 0. The van der Waals surface area contributed by atoms with Crippen LogP contribution in [0.25, 0.3) is 0 Å². The average molecular weight is 253 g/mol. The Morgan fingerprint density at radius 3 is 2.06 bits per heavy atom. The van der Waals surface area contributed by atoms with Gasteiger partial charge in [0.25, 0.3) is 0 Å². The number of likely N-dealkylation sites (tertiary alicyclic amines) is 2. The van der Waals surface area contributed by atoms with Gasteiger partial charge in [-0.3, -0.25) is 0 Å². The first kappa shape index (κ1) is 13.7. The molecule has 0 aromatic carbocycles. The van der Waals surface area contributed by atoms with Gasteiger partial charge in [0.1, 0.15) is 0 Å². The number of piperidine rings is 1. The molecular weight excluding hydrogens is 226 g/mol. The van der Waals surface area contributed by atoms with E-state index < -0.39 is 0 Å². The van der Waals surface area contributed by atoms with Crippen molar-refractivity contribution in [3.63, 3.8) is 0 Å². The molecule has 1 N–H and O–H groups in total. The predicted molar refractivity (Wildman–Crippen MR) is 73.7 cm³/mol. The van der Waals surface area contributed by atoms with Crippen molar-refractivity contribution < 1.29 is 4.79 Å². The van der Waals surface area contributed by atoms with Gasteiger partial charge in [-0.1, -0.05) is 19.3 Å². The molecule has 0 unspecified atom stereocenters. The van der Waals surface area contributed by atoms with Crippen molar-refractivity contribution in [3.05, 3.63) is 0 Å². The maximum absolute atomic E-state index is 12.0. The molecule has 0 radical (unpaired) electrons. The van der Waals surface area contributed by atoms with Crippen molar-refractivity contribution in [2.45, 2.75) is 44.9 Å². The lowest BCUT2D eigenvalue weighted by molar-refractivity contribution is 0.193. The van der Waals surface area contributed by atoms with Crippen LogP contribution in [0.5, 0.6) is 0 Å². The second-order valence-corrected chi connectivity index (χ2v) is 5.54. The first-order valence-electron chi connectivity index (χ1n) is 7.61. The number of rotatable bonds is 3. The number of amides is 2. The quantitative estimate of drug-likeness (QED) is 0.835. The molecule has 2 heterocycles. The van der Waals surface area contributed by atoms with Gasteiger partial charge in [-0.25, -0.2) is 4.79 Å². The summed E-state index contributed by atoms with van der Waals surface area (Å²) in [7, 11) is 0. The molecule has 2 rings (SSSR count). The van der Waals surface area contributed by atoms with E-state index in [-0.39, 0.29) is 6.03 Å². The topological polar surface area (TPSA) is 35.6 Å². The van der Waals surface area contributed by atoms with Crippen LogP contribution >= 0.6 is 0 Å². The Labute approximate surface area is 111 Å². The van der Waals surface area contributed by atoms with E-state index in [1.165, 1.54) is 58.0 Å². The Balaban J connectivity index is 1.61. The lowest BCUT2D eigenvalue weighted by Crippen LogP contribution is -2.44. The van der Waals surface area contributed by atoms with Crippen LogP contribution in [0.4, 0.5) is 4.79 Å². The third kappa shape index (κ3) is 4.48. The van der Waals surface area contributed by atoms with Gasteiger partial charge in [0, 0.05) is 26.2 Å². The third-order valence-electron chi connectivity index (χ3n) is 4.05. The summed E-state index contributed by atoms with van der Waals surface area (Å²) in [5.41, 5.74) is 0. The summed E-state index contributed by atoms with van der Waals surface area (Å²) in [5, 5.41) is 3.07. The molecule has 0 saturated carbocycles. The van der Waals surface area contributed by atoms with Crippen LogP contribution in [0.15, 0.2) is 0 Å². The maximum Gasteiger partial charge on any atom is 0.317 e. The fourth-order valence-corrected chi connectivity index (χ4v) is 2.89. The zero-order valence-corrected chi connectivity index (χ0v) is 11.5. The first-order valence-corrected chi connectivity index (χ1v) is 7.61. The van der Waals surface area contributed by atoms with E-state index in [0.717, 1.165) is 26.2 Å². The van der Waals surface area contributed by atoms with Gasteiger partial charge in [0.15, 0.2) is 0 Å². The first-order chi connectivity index (χ1) is 8.86. The number of nitrogens with zero attached hydrogens (tertiary/aromatic N) is 2. The van der Waals surface area contributed by atoms with Crippen LogP contribution in [0.2, 0.25) is 0 Å². The van der Waals surface area contributed by atoms with Gasteiger partial charge in [-0.15, -0.1) is 0 Å². The minimum absolute atomic E-state index is 0.147. The van der Waals surface area contributed by atoms with Crippen molar-refractivity contribution in [3.8, 4) is 0 Å². The maximum atomic E-state index is 12.0. The number of carbonyl (C=O) groups is 1. The largest absolute Gasteiger partial charge is 0.337 e. The molecule has 0 atom stereocenters. The molecule has 104 valence electrons. The van der Waals surface area contributed by atoms with Gasteiger partial charge in [-0.2, -0.15) is 0 Å². The van der Waals surface area contributed by atoms with Crippen LogP contribution in [0, 0.1) is 0 Å². The van der Waals surface area contributed by atoms with Crippen molar-refractivity contribution in [2.24, 2.45) is 0 Å². The molecule has 0 aromatic rings. The molecular formula is C14H27N3O. The molecule has 2 saturated heterocycles. The summed E-state index contributed by atoms with van der Waals surface area (Å²) in [4.78, 5) is 16.4. The summed E-state index contributed by atoms with van der Waals surface area (Å²) in [6, 6.07) is 0.147. The zero-order valence-electron chi connectivity index (χ0n) is 11.5. The van der Waals surface area contributed by atoms with Crippen LogP contribution in [-0.2, 0) is 0 Å². The highest BCUT2D eigenvalue weighted by molar-refractivity contribution is 5.74. The van der Waals surface area contributed by atoms with Crippen molar-refractivity contribution in [2.75, 3.05) is 39.3 Å². The summed E-state index contributed by atoms with van der Waals surface area (Å²) in [5.74, 6) is 0. The van der Waals surface area contributed by atoms with Gasteiger partial charge in [0.2, 0.25) is 0 Å². The SMILES string of the molecule is O=C(NCCN1CCCCC1)N1CCCCCC1. The fourth-order valence-electron chi connectivity index (χ4n) is 2.89. The van der Waals surface area contributed by atoms with E-state index in [4.69, 9.17) is 0 Å². The Hall–Kier alpha value is -0.770. The molecule has 0 bridgehead atoms. The molecule has 0 spiro atoms. The Kier molecular flexibility index (Phi) is 5.78. The molecule has 2 amide bonds. The number of carbonyl (C=O) groups excluding carboxylic acids is 1. The van der Waals surface area contributed by atoms with E-state index >= 15 is 0 Å². The highest BCUT2D eigenvalue weighted by Gasteiger charge is 2.15. The van der Waals surface area contributed by atoms with E-state index in [1.54, 1.807) is 0 Å². The van der Waals surface area contributed by atoms with Crippen LogP contribution in [0.1, 0.15) is 44.9 Å². The Bertz CT molecular complexity index is 243. The third-order valence-corrected chi connectivity index (χ3v) is 4.05. The van der Waals surface area contributed by atoms with E-state index in [2.05, 4.69) is 10.2 Å². The minimum Gasteiger partial charge on any atom is -0.337 e. The second-order valence-electron chi connectivity index (χ2n) is 5.54. The predicted octanol–water partition coefficient (Wildman–Crippen LogP) is 2.06. The Morgan fingerprint density at radius 1 is 0.833 bits per heavy atom. The number of nitrogens with one attached hydrogen (secondary N) is 1. The minimum atomic E-state index is 0.147. The fraction of sp³-hybridized carbons (Fsp3) is 0.929. The lowest BCUT2D eigenvalue weighted by Gasteiger charge is -2.27. The lowest BCUT2D eigenvalue weighted by atomic mass is 10.1. The molecule has 4 heteroatoms.